The Hall–Kier alpha value is -0.110. The molecule has 0 aliphatic carbocycles. The van der Waals surface area contributed by atoms with Crippen molar-refractivity contribution >= 4 is 15.8 Å². The zero-order valence-electron chi connectivity index (χ0n) is 8.65. The summed E-state index contributed by atoms with van der Waals surface area (Å²) in [6, 6.07) is 7.17. The molecular weight excluding hydrogens is 229 g/mol. The molecule has 15 heavy (non-hydrogen) atoms. The van der Waals surface area contributed by atoms with Gasteiger partial charge in [0.2, 0.25) is 0 Å². The van der Waals surface area contributed by atoms with Crippen molar-refractivity contribution in [3.05, 3.63) is 29.8 Å². The van der Waals surface area contributed by atoms with E-state index in [2.05, 4.69) is 5.32 Å². The van der Waals surface area contributed by atoms with Gasteiger partial charge in [0.25, 0.3) is 0 Å². The molecule has 80 valence electrons. The number of benzene rings is 1. The fourth-order valence-electron chi connectivity index (χ4n) is 0.937. The summed E-state index contributed by atoms with van der Waals surface area (Å²) < 4.78 is 30.9. The van der Waals surface area contributed by atoms with Crippen LogP contribution in [0.1, 0.15) is 5.56 Å². The number of rotatable bonds is 3. The standard InChI is InChI=1S/C8H11NO3S.Na.H2O/c1-7-4-2-3-5-8(7)9-6-13(10,11)12;;/h2-5,9H,6H2,1H3,(H,10,11,12);;1H2/q;+1;/p-1. The molecule has 0 saturated carbocycles. The van der Waals surface area contributed by atoms with Gasteiger partial charge in [0, 0.05) is 5.69 Å². The first kappa shape index (κ1) is 17.3. The molecule has 0 bridgehead atoms. The molecule has 5 nitrogen and oxygen atoms in total. The second-order valence-electron chi connectivity index (χ2n) is 2.69. The van der Waals surface area contributed by atoms with Gasteiger partial charge in [0.1, 0.15) is 16.0 Å². The minimum absolute atomic E-state index is 0. The number of anilines is 1. The molecular formula is C8H12NNaO4S. The Kier molecular flexibility index (Phi) is 8.31. The number of aryl methyl sites for hydroxylation is 1. The summed E-state index contributed by atoms with van der Waals surface area (Å²) in [5.74, 6) is -0.572. The molecule has 0 spiro atoms. The van der Waals surface area contributed by atoms with Crippen molar-refractivity contribution in [2.24, 2.45) is 0 Å². The van der Waals surface area contributed by atoms with Crippen LogP contribution in [0.3, 0.4) is 0 Å². The fraction of sp³-hybridized carbons (Fsp3) is 0.250. The molecule has 0 aliphatic rings. The average molecular weight is 241 g/mol. The van der Waals surface area contributed by atoms with E-state index in [9.17, 15) is 13.0 Å². The minimum Gasteiger partial charge on any atom is -0.747 e. The molecule has 7 heteroatoms. The molecule has 0 unspecified atom stereocenters. The average Bonchev–Trinajstić information content (AvgIpc) is 2.01. The van der Waals surface area contributed by atoms with Gasteiger partial charge >= 0.3 is 29.6 Å². The van der Waals surface area contributed by atoms with Crippen LogP contribution in [-0.4, -0.2) is 24.3 Å². The molecule has 0 amide bonds. The summed E-state index contributed by atoms with van der Waals surface area (Å²) in [7, 11) is -4.20. The van der Waals surface area contributed by atoms with Crippen molar-refractivity contribution in [1.29, 1.82) is 0 Å². The Morgan fingerprint density at radius 1 is 1.33 bits per heavy atom. The molecule has 0 fully saturated rings. The van der Waals surface area contributed by atoms with Crippen LogP contribution >= 0.6 is 0 Å². The quantitative estimate of drug-likeness (QED) is 0.452. The number of hydrogen-bond acceptors (Lipinski definition) is 4. The van der Waals surface area contributed by atoms with Gasteiger partial charge in [-0.25, -0.2) is 8.42 Å². The van der Waals surface area contributed by atoms with E-state index >= 15 is 0 Å². The summed E-state index contributed by atoms with van der Waals surface area (Å²) in [6.07, 6.45) is 0. The van der Waals surface area contributed by atoms with E-state index in [0.29, 0.717) is 5.69 Å². The number of hydrogen-bond donors (Lipinski definition) is 1. The molecule has 1 aromatic carbocycles. The van der Waals surface area contributed by atoms with Gasteiger partial charge in [-0.3, -0.25) is 0 Å². The van der Waals surface area contributed by atoms with Crippen molar-refractivity contribution in [2.45, 2.75) is 6.92 Å². The van der Waals surface area contributed by atoms with Crippen LogP contribution in [0.15, 0.2) is 24.3 Å². The van der Waals surface area contributed by atoms with Crippen LogP contribution in [0.25, 0.3) is 0 Å². The summed E-state index contributed by atoms with van der Waals surface area (Å²) >= 11 is 0. The summed E-state index contributed by atoms with van der Waals surface area (Å²) in [5, 5.41) is 2.55. The largest absolute Gasteiger partial charge is 1.00 e. The van der Waals surface area contributed by atoms with E-state index in [-0.39, 0.29) is 35.0 Å². The molecule has 0 heterocycles. The fourth-order valence-corrected chi connectivity index (χ4v) is 1.27. The normalized spacial score (nSPS) is 9.73. The van der Waals surface area contributed by atoms with Crippen molar-refractivity contribution < 1.29 is 48.0 Å². The second-order valence-corrected chi connectivity index (χ2v) is 4.10. The maximum Gasteiger partial charge on any atom is 1.00 e. The monoisotopic (exact) mass is 241 g/mol. The predicted molar refractivity (Wildman–Crippen MR) is 53.0 cm³/mol. The van der Waals surface area contributed by atoms with Crippen LogP contribution in [0, 0.1) is 6.92 Å². The van der Waals surface area contributed by atoms with Crippen LogP contribution in [0.4, 0.5) is 5.69 Å². The van der Waals surface area contributed by atoms with E-state index in [0.717, 1.165) is 5.56 Å². The number of nitrogens with one attached hydrogen (secondary N) is 1. The molecule has 1 rings (SSSR count). The summed E-state index contributed by atoms with van der Waals surface area (Å²) in [4.78, 5) is 0. The molecule has 0 radical (unpaired) electrons. The molecule has 0 saturated heterocycles. The first-order valence-electron chi connectivity index (χ1n) is 3.72. The molecule has 0 aliphatic heterocycles. The SMILES string of the molecule is Cc1ccccc1NCS(=O)(=O)[O-].O.[Na+]. The van der Waals surface area contributed by atoms with Crippen molar-refractivity contribution in [1.82, 2.24) is 0 Å². The van der Waals surface area contributed by atoms with E-state index in [1.54, 1.807) is 12.1 Å². The van der Waals surface area contributed by atoms with Crippen molar-refractivity contribution in [2.75, 3.05) is 11.2 Å². The Morgan fingerprint density at radius 2 is 1.87 bits per heavy atom. The Balaban J connectivity index is 0. The predicted octanol–water partition coefficient (Wildman–Crippen LogP) is -2.91. The first-order valence-corrected chi connectivity index (χ1v) is 5.30. The Bertz CT molecular complexity index is 393. The van der Waals surface area contributed by atoms with Crippen molar-refractivity contribution in [3.8, 4) is 0 Å². The third-order valence-electron chi connectivity index (χ3n) is 1.58. The van der Waals surface area contributed by atoms with Gasteiger partial charge in [-0.05, 0) is 18.6 Å². The molecule has 0 atom stereocenters. The van der Waals surface area contributed by atoms with Crippen LogP contribution < -0.4 is 34.9 Å². The van der Waals surface area contributed by atoms with E-state index in [1.165, 1.54) is 0 Å². The maximum absolute atomic E-state index is 10.3. The van der Waals surface area contributed by atoms with Gasteiger partial charge in [-0.1, -0.05) is 18.2 Å². The van der Waals surface area contributed by atoms with Crippen molar-refractivity contribution in [3.63, 3.8) is 0 Å². The molecule has 3 N–H and O–H groups in total. The van der Waals surface area contributed by atoms with E-state index < -0.39 is 16.0 Å². The van der Waals surface area contributed by atoms with E-state index in [1.807, 2.05) is 19.1 Å². The third-order valence-corrected chi connectivity index (χ3v) is 2.08. The Labute approximate surface area is 111 Å². The second kappa shape index (κ2) is 7.21. The Morgan fingerprint density at radius 3 is 2.33 bits per heavy atom. The third kappa shape index (κ3) is 6.88. The first-order chi connectivity index (χ1) is 5.99. The van der Waals surface area contributed by atoms with Crippen LogP contribution in [0.2, 0.25) is 0 Å². The van der Waals surface area contributed by atoms with Gasteiger partial charge in [0.15, 0.2) is 0 Å². The summed E-state index contributed by atoms with van der Waals surface area (Å²) in [5.41, 5.74) is 1.58. The zero-order valence-corrected chi connectivity index (χ0v) is 11.5. The van der Waals surface area contributed by atoms with Crippen LogP contribution in [0.5, 0.6) is 0 Å². The molecule has 0 aromatic heterocycles. The van der Waals surface area contributed by atoms with Gasteiger partial charge in [0.05, 0.1) is 0 Å². The van der Waals surface area contributed by atoms with Gasteiger partial charge in [-0.2, -0.15) is 0 Å². The topological polar surface area (TPSA) is 101 Å². The maximum atomic E-state index is 10.3. The zero-order chi connectivity index (χ0) is 9.90. The minimum atomic E-state index is -4.20. The molecule has 1 aromatic rings. The number of para-hydroxylation sites is 1. The van der Waals surface area contributed by atoms with Crippen LogP contribution in [-0.2, 0) is 10.1 Å². The van der Waals surface area contributed by atoms with Gasteiger partial charge < -0.3 is 15.3 Å². The van der Waals surface area contributed by atoms with E-state index in [4.69, 9.17) is 0 Å². The van der Waals surface area contributed by atoms with Gasteiger partial charge in [-0.15, -0.1) is 0 Å². The smallest absolute Gasteiger partial charge is 0.747 e. The summed E-state index contributed by atoms with van der Waals surface area (Å²) in [6.45, 7) is 1.83.